The lowest BCUT2D eigenvalue weighted by molar-refractivity contribution is -0.173. The van der Waals surface area contributed by atoms with Crippen molar-refractivity contribution < 1.29 is 27.5 Å². The van der Waals surface area contributed by atoms with E-state index in [9.17, 15) is 22.8 Å². The van der Waals surface area contributed by atoms with Crippen molar-refractivity contribution >= 4 is 17.5 Å². The molecule has 2 amide bonds. The van der Waals surface area contributed by atoms with Crippen LogP contribution in [-0.4, -0.2) is 44.3 Å². The molecular formula is C16H19F3N2O3. The van der Waals surface area contributed by atoms with E-state index in [4.69, 9.17) is 0 Å². The summed E-state index contributed by atoms with van der Waals surface area (Å²) in [6.07, 6.45) is -2.84. The Morgan fingerprint density at radius 1 is 1.25 bits per heavy atom. The minimum atomic E-state index is -4.36. The largest absolute Gasteiger partial charge is 0.411 e. The van der Waals surface area contributed by atoms with Crippen LogP contribution in [0.25, 0.3) is 0 Å². The molecule has 0 atom stereocenters. The second-order valence-electron chi connectivity index (χ2n) is 5.51. The van der Waals surface area contributed by atoms with Gasteiger partial charge >= 0.3 is 6.18 Å². The first-order chi connectivity index (χ1) is 11.3. The van der Waals surface area contributed by atoms with E-state index >= 15 is 0 Å². The first-order valence-electron chi connectivity index (χ1n) is 7.66. The van der Waals surface area contributed by atoms with Gasteiger partial charge in [0.2, 0.25) is 11.8 Å². The Kier molecular flexibility index (Phi) is 6.19. The number of hydrogen-bond acceptors (Lipinski definition) is 3. The molecule has 0 aromatic heterocycles. The number of carbonyl (C=O) groups is 2. The topological polar surface area (TPSA) is 58.6 Å². The number of ether oxygens (including phenoxy) is 1. The smallest absolute Gasteiger partial charge is 0.370 e. The maximum atomic E-state index is 11.9. The van der Waals surface area contributed by atoms with Crippen LogP contribution in [0.4, 0.5) is 18.9 Å². The Bertz CT molecular complexity index is 573. The zero-order chi connectivity index (χ0) is 17.6. The number of nitrogens with zero attached hydrogens (tertiary/aromatic N) is 1. The molecule has 24 heavy (non-hydrogen) atoms. The number of carbonyl (C=O) groups excluding carboxylic acids is 2. The predicted molar refractivity (Wildman–Crippen MR) is 81.6 cm³/mol. The van der Waals surface area contributed by atoms with Crippen LogP contribution in [0.15, 0.2) is 24.3 Å². The van der Waals surface area contributed by atoms with Crippen molar-refractivity contribution in [1.29, 1.82) is 0 Å². The van der Waals surface area contributed by atoms with Crippen LogP contribution in [0.3, 0.4) is 0 Å². The fraction of sp³-hybridized carbons (Fsp3) is 0.500. The standard InChI is InChI=1S/C16H19F3N2O3/c17-16(18,19)11-24-9-7-20-14(22)10-12-3-5-13(6-4-12)21-8-1-2-15(21)23/h3-6H,1-2,7-11H2,(H,20,22). The highest BCUT2D eigenvalue weighted by atomic mass is 19.4. The van der Waals surface area contributed by atoms with Crippen molar-refractivity contribution in [2.24, 2.45) is 0 Å². The number of alkyl halides is 3. The van der Waals surface area contributed by atoms with E-state index in [2.05, 4.69) is 10.1 Å². The zero-order valence-corrected chi connectivity index (χ0v) is 13.1. The molecule has 0 unspecified atom stereocenters. The highest BCUT2D eigenvalue weighted by molar-refractivity contribution is 5.95. The molecule has 2 rings (SSSR count). The van der Waals surface area contributed by atoms with E-state index in [0.29, 0.717) is 13.0 Å². The molecule has 0 aliphatic carbocycles. The van der Waals surface area contributed by atoms with E-state index in [-0.39, 0.29) is 31.4 Å². The van der Waals surface area contributed by atoms with Crippen molar-refractivity contribution in [3.05, 3.63) is 29.8 Å². The fourth-order valence-electron chi connectivity index (χ4n) is 2.41. The summed E-state index contributed by atoms with van der Waals surface area (Å²) in [5, 5.41) is 2.50. The summed E-state index contributed by atoms with van der Waals surface area (Å²) in [6.45, 7) is -0.785. The van der Waals surface area contributed by atoms with Gasteiger partial charge in [-0.3, -0.25) is 9.59 Å². The summed E-state index contributed by atoms with van der Waals surface area (Å²) in [6, 6.07) is 7.11. The lowest BCUT2D eigenvalue weighted by Crippen LogP contribution is -2.30. The monoisotopic (exact) mass is 344 g/mol. The molecule has 0 radical (unpaired) electrons. The van der Waals surface area contributed by atoms with Gasteiger partial charge in [-0.2, -0.15) is 13.2 Å². The summed E-state index contributed by atoms with van der Waals surface area (Å²) in [5.41, 5.74) is 1.57. The number of halogens is 3. The first-order valence-corrected chi connectivity index (χ1v) is 7.66. The molecule has 0 saturated carbocycles. The van der Waals surface area contributed by atoms with Crippen LogP contribution < -0.4 is 10.2 Å². The van der Waals surface area contributed by atoms with E-state index in [1.54, 1.807) is 29.2 Å². The maximum absolute atomic E-state index is 11.9. The SMILES string of the molecule is O=C(Cc1ccc(N2CCCC2=O)cc1)NCCOCC(F)(F)F. The summed E-state index contributed by atoms with van der Waals surface area (Å²) in [4.78, 5) is 25.1. The molecule has 1 fully saturated rings. The molecule has 0 spiro atoms. The molecule has 1 saturated heterocycles. The molecular weight excluding hydrogens is 325 g/mol. The molecule has 1 aromatic carbocycles. The van der Waals surface area contributed by atoms with Gasteiger partial charge in [0.05, 0.1) is 13.0 Å². The minimum Gasteiger partial charge on any atom is -0.370 e. The first kappa shape index (κ1) is 18.3. The van der Waals surface area contributed by atoms with Gasteiger partial charge in [-0.25, -0.2) is 0 Å². The van der Waals surface area contributed by atoms with Crippen LogP contribution in [0, 0.1) is 0 Å². The van der Waals surface area contributed by atoms with Crippen LogP contribution in [0.5, 0.6) is 0 Å². The van der Waals surface area contributed by atoms with Gasteiger partial charge in [-0.1, -0.05) is 12.1 Å². The quantitative estimate of drug-likeness (QED) is 0.770. The van der Waals surface area contributed by atoms with Gasteiger partial charge in [0.15, 0.2) is 0 Å². The molecule has 132 valence electrons. The minimum absolute atomic E-state index is 0.0231. The lowest BCUT2D eigenvalue weighted by atomic mass is 10.1. The molecule has 1 aliphatic rings. The van der Waals surface area contributed by atoms with Crippen LogP contribution in [0.1, 0.15) is 18.4 Å². The third-order valence-electron chi connectivity index (χ3n) is 3.52. The number of benzene rings is 1. The van der Waals surface area contributed by atoms with Gasteiger partial charge in [0, 0.05) is 25.2 Å². The van der Waals surface area contributed by atoms with E-state index in [0.717, 1.165) is 17.7 Å². The maximum Gasteiger partial charge on any atom is 0.411 e. The van der Waals surface area contributed by atoms with Crippen molar-refractivity contribution in [3.63, 3.8) is 0 Å². The molecule has 8 heteroatoms. The number of hydrogen-bond donors (Lipinski definition) is 1. The van der Waals surface area contributed by atoms with Crippen molar-refractivity contribution in [1.82, 2.24) is 5.32 Å². The van der Waals surface area contributed by atoms with Gasteiger partial charge in [-0.05, 0) is 24.1 Å². The van der Waals surface area contributed by atoms with E-state index in [1.807, 2.05) is 0 Å². The van der Waals surface area contributed by atoms with Crippen LogP contribution in [0.2, 0.25) is 0 Å². The predicted octanol–water partition coefficient (Wildman–Crippen LogP) is 2.05. The number of nitrogens with one attached hydrogen (secondary N) is 1. The Labute approximate surface area is 137 Å². The Balaban J connectivity index is 1.71. The summed E-state index contributed by atoms with van der Waals surface area (Å²) in [5.74, 6) is -0.199. The van der Waals surface area contributed by atoms with Crippen molar-refractivity contribution in [2.45, 2.75) is 25.4 Å². The summed E-state index contributed by atoms with van der Waals surface area (Å²) in [7, 11) is 0. The highest BCUT2D eigenvalue weighted by Crippen LogP contribution is 2.21. The van der Waals surface area contributed by atoms with E-state index in [1.165, 1.54) is 0 Å². The Hall–Kier alpha value is -2.09. The summed E-state index contributed by atoms with van der Waals surface area (Å²) >= 11 is 0. The number of rotatable bonds is 7. The second kappa shape index (κ2) is 8.14. The molecule has 1 heterocycles. The molecule has 1 aromatic rings. The molecule has 5 nitrogen and oxygen atoms in total. The molecule has 1 aliphatic heterocycles. The highest BCUT2D eigenvalue weighted by Gasteiger charge is 2.27. The van der Waals surface area contributed by atoms with Gasteiger partial charge < -0.3 is 15.0 Å². The van der Waals surface area contributed by atoms with Crippen molar-refractivity contribution in [2.75, 3.05) is 31.2 Å². The summed E-state index contributed by atoms with van der Waals surface area (Å²) < 4.78 is 40.0. The second-order valence-corrected chi connectivity index (χ2v) is 5.51. The third-order valence-corrected chi connectivity index (χ3v) is 3.52. The van der Waals surface area contributed by atoms with Crippen LogP contribution >= 0.6 is 0 Å². The number of amides is 2. The Morgan fingerprint density at radius 2 is 1.96 bits per heavy atom. The molecule has 1 N–H and O–H groups in total. The average molecular weight is 344 g/mol. The lowest BCUT2D eigenvalue weighted by Gasteiger charge is -2.15. The zero-order valence-electron chi connectivity index (χ0n) is 13.1. The third kappa shape index (κ3) is 5.84. The van der Waals surface area contributed by atoms with E-state index < -0.39 is 12.8 Å². The molecule has 0 bridgehead atoms. The Morgan fingerprint density at radius 3 is 2.54 bits per heavy atom. The van der Waals surface area contributed by atoms with Crippen LogP contribution in [-0.2, 0) is 20.7 Å². The van der Waals surface area contributed by atoms with Gasteiger partial charge in [-0.15, -0.1) is 0 Å². The van der Waals surface area contributed by atoms with Gasteiger partial charge in [0.25, 0.3) is 0 Å². The van der Waals surface area contributed by atoms with Crippen molar-refractivity contribution in [3.8, 4) is 0 Å². The van der Waals surface area contributed by atoms with Gasteiger partial charge in [0.1, 0.15) is 6.61 Å². The number of anilines is 1. The fourth-order valence-corrected chi connectivity index (χ4v) is 2.41. The normalized spacial score (nSPS) is 15.0. The average Bonchev–Trinajstić information content (AvgIpc) is 2.93.